The van der Waals surface area contributed by atoms with Crippen LogP contribution in [-0.2, 0) is 4.79 Å². The Bertz CT molecular complexity index is 242. The molecule has 0 bridgehead atoms. The first kappa shape index (κ1) is 14.4. The number of carbonyl (C=O) groups excluding carboxylic acids is 1. The summed E-state index contributed by atoms with van der Waals surface area (Å²) in [6, 6.07) is 0. The van der Waals surface area contributed by atoms with Gasteiger partial charge in [-0.1, -0.05) is 32.1 Å². The molecule has 6 heteroatoms. The maximum absolute atomic E-state index is 11.9. The predicted molar refractivity (Wildman–Crippen MR) is 67.5 cm³/mol. The fourth-order valence-electron chi connectivity index (χ4n) is 2.61. The molecule has 0 heterocycles. The summed E-state index contributed by atoms with van der Waals surface area (Å²) in [5.74, 6) is 5.58. The minimum absolute atomic E-state index is 0.133. The zero-order valence-electron chi connectivity index (χ0n) is 10.6. The third kappa shape index (κ3) is 4.23. The molecular formula is C11H25N5O. The van der Waals surface area contributed by atoms with Crippen LogP contribution in [0.3, 0.4) is 0 Å². The van der Waals surface area contributed by atoms with Crippen molar-refractivity contribution in [1.82, 2.24) is 16.3 Å². The summed E-state index contributed by atoms with van der Waals surface area (Å²) in [5, 5.41) is 2.63. The Labute approximate surface area is 103 Å². The molecule has 17 heavy (non-hydrogen) atoms. The average molecular weight is 243 g/mol. The van der Waals surface area contributed by atoms with Crippen LogP contribution in [0.15, 0.2) is 0 Å². The number of amides is 1. The highest BCUT2D eigenvalue weighted by atomic mass is 16.2. The molecule has 0 aliphatic heterocycles. The highest BCUT2D eigenvalue weighted by Crippen LogP contribution is 2.29. The molecule has 1 amide bonds. The van der Waals surface area contributed by atoms with Gasteiger partial charge in [-0.2, -0.15) is 5.53 Å². The lowest BCUT2D eigenvalue weighted by atomic mass is 9.79. The number of nitrogens with one attached hydrogen (secondary N) is 3. The molecule has 1 saturated carbocycles. The van der Waals surface area contributed by atoms with Crippen LogP contribution in [0.5, 0.6) is 0 Å². The first-order chi connectivity index (χ1) is 8.12. The van der Waals surface area contributed by atoms with Gasteiger partial charge in [0.2, 0.25) is 5.91 Å². The van der Waals surface area contributed by atoms with Gasteiger partial charge in [-0.25, -0.2) is 5.43 Å². The van der Waals surface area contributed by atoms with Crippen LogP contribution in [0, 0.1) is 5.92 Å². The van der Waals surface area contributed by atoms with Crippen LogP contribution in [0.25, 0.3) is 0 Å². The Morgan fingerprint density at radius 1 is 1.35 bits per heavy atom. The number of rotatable bonds is 6. The molecular weight excluding hydrogens is 218 g/mol. The minimum atomic E-state index is -0.886. The Morgan fingerprint density at radius 3 is 2.53 bits per heavy atom. The predicted octanol–water partition coefficient (Wildman–Crippen LogP) is -0.632. The first-order valence-corrected chi connectivity index (χ1v) is 6.32. The van der Waals surface area contributed by atoms with Crippen molar-refractivity contribution in [3.05, 3.63) is 0 Å². The average Bonchev–Trinajstić information content (AvgIpc) is 2.36. The molecule has 1 aliphatic rings. The van der Waals surface area contributed by atoms with E-state index in [2.05, 4.69) is 16.3 Å². The van der Waals surface area contributed by atoms with E-state index in [-0.39, 0.29) is 5.91 Å². The molecule has 1 fully saturated rings. The van der Waals surface area contributed by atoms with Crippen LogP contribution in [0.4, 0.5) is 0 Å². The number of carbonyl (C=O) groups is 1. The lowest BCUT2D eigenvalue weighted by molar-refractivity contribution is -0.126. The quantitative estimate of drug-likeness (QED) is 0.315. The molecule has 0 aromatic rings. The molecule has 0 saturated heterocycles. The van der Waals surface area contributed by atoms with Crippen molar-refractivity contribution in [2.24, 2.45) is 17.5 Å². The summed E-state index contributed by atoms with van der Waals surface area (Å²) in [4.78, 5) is 11.9. The highest BCUT2D eigenvalue weighted by Gasteiger charge is 2.35. The maximum Gasteiger partial charge on any atom is 0.241 e. The fourth-order valence-corrected chi connectivity index (χ4v) is 2.61. The normalized spacial score (nSPS) is 20.9. The molecule has 1 atom stereocenters. The standard InChI is InChI=1S/C11H25N5O/c1-14-10(17)11(12,8-15-16-13)7-9-5-3-2-4-6-9/h9,15-16H,2-8,12-13H2,1H3,(H,14,17). The number of hydrazine groups is 2. The van der Waals surface area contributed by atoms with Crippen molar-refractivity contribution in [3.8, 4) is 0 Å². The van der Waals surface area contributed by atoms with Crippen LogP contribution in [-0.4, -0.2) is 25.0 Å². The van der Waals surface area contributed by atoms with Crippen molar-refractivity contribution < 1.29 is 4.79 Å². The van der Waals surface area contributed by atoms with Crippen molar-refractivity contribution in [2.45, 2.75) is 44.1 Å². The SMILES string of the molecule is CNC(=O)C(N)(CNNN)CC1CCCCC1. The van der Waals surface area contributed by atoms with E-state index in [4.69, 9.17) is 11.6 Å². The van der Waals surface area contributed by atoms with Gasteiger partial charge in [-0.15, -0.1) is 0 Å². The summed E-state index contributed by atoms with van der Waals surface area (Å²) in [5.41, 5.74) is 10.4. The van der Waals surface area contributed by atoms with Gasteiger partial charge >= 0.3 is 0 Å². The topological polar surface area (TPSA) is 105 Å². The molecule has 100 valence electrons. The Hall–Kier alpha value is -0.690. The van der Waals surface area contributed by atoms with E-state index >= 15 is 0 Å². The molecule has 0 radical (unpaired) electrons. The summed E-state index contributed by atoms with van der Waals surface area (Å²) in [7, 11) is 1.61. The van der Waals surface area contributed by atoms with Gasteiger partial charge in [0.05, 0.1) is 0 Å². The van der Waals surface area contributed by atoms with Gasteiger partial charge in [0.15, 0.2) is 0 Å². The molecule has 0 aromatic heterocycles. The fraction of sp³-hybridized carbons (Fsp3) is 0.909. The Morgan fingerprint density at radius 2 is 2.00 bits per heavy atom. The van der Waals surface area contributed by atoms with Gasteiger partial charge in [-0.3, -0.25) is 10.6 Å². The largest absolute Gasteiger partial charge is 0.358 e. The molecule has 0 aromatic carbocycles. The molecule has 0 spiro atoms. The van der Waals surface area contributed by atoms with E-state index in [1.807, 2.05) is 0 Å². The molecule has 6 nitrogen and oxygen atoms in total. The van der Waals surface area contributed by atoms with Gasteiger partial charge in [-0.05, 0) is 12.3 Å². The van der Waals surface area contributed by atoms with Gasteiger partial charge in [0.1, 0.15) is 5.54 Å². The Balaban J connectivity index is 2.57. The van der Waals surface area contributed by atoms with Gasteiger partial charge < -0.3 is 11.1 Å². The summed E-state index contributed by atoms with van der Waals surface area (Å²) >= 11 is 0. The minimum Gasteiger partial charge on any atom is -0.358 e. The molecule has 1 aliphatic carbocycles. The number of likely N-dealkylation sites (N-methyl/N-ethyl adjacent to an activating group) is 1. The maximum atomic E-state index is 11.9. The van der Waals surface area contributed by atoms with Crippen LogP contribution < -0.4 is 27.9 Å². The zero-order chi connectivity index (χ0) is 12.7. The number of hydrogen-bond acceptors (Lipinski definition) is 5. The van der Waals surface area contributed by atoms with E-state index in [0.29, 0.717) is 18.9 Å². The third-order valence-electron chi connectivity index (χ3n) is 3.56. The second-order valence-corrected chi connectivity index (χ2v) is 4.94. The molecule has 7 N–H and O–H groups in total. The van der Waals surface area contributed by atoms with Crippen molar-refractivity contribution in [2.75, 3.05) is 13.6 Å². The van der Waals surface area contributed by atoms with Crippen molar-refractivity contribution in [1.29, 1.82) is 0 Å². The van der Waals surface area contributed by atoms with E-state index in [1.165, 1.54) is 32.1 Å². The number of hydrogen-bond donors (Lipinski definition) is 5. The molecule has 1 unspecified atom stereocenters. The van der Waals surface area contributed by atoms with Crippen LogP contribution in [0.1, 0.15) is 38.5 Å². The third-order valence-corrected chi connectivity index (χ3v) is 3.56. The Kier molecular flexibility index (Phi) is 5.84. The zero-order valence-corrected chi connectivity index (χ0v) is 10.6. The lowest BCUT2D eigenvalue weighted by Crippen LogP contribution is -2.62. The monoisotopic (exact) mass is 243 g/mol. The van der Waals surface area contributed by atoms with Gasteiger partial charge in [0, 0.05) is 13.6 Å². The van der Waals surface area contributed by atoms with E-state index < -0.39 is 5.54 Å². The van der Waals surface area contributed by atoms with Crippen molar-refractivity contribution >= 4 is 5.91 Å². The number of nitrogens with two attached hydrogens (primary N) is 2. The van der Waals surface area contributed by atoms with Crippen LogP contribution >= 0.6 is 0 Å². The summed E-state index contributed by atoms with van der Waals surface area (Å²) in [6.45, 7) is 0.333. The van der Waals surface area contributed by atoms with Crippen LogP contribution in [0.2, 0.25) is 0 Å². The summed E-state index contributed by atoms with van der Waals surface area (Å²) < 4.78 is 0. The van der Waals surface area contributed by atoms with Crippen molar-refractivity contribution in [3.63, 3.8) is 0 Å². The lowest BCUT2D eigenvalue weighted by Gasteiger charge is -2.33. The molecule has 1 rings (SSSR count). The second kappa shape index (κ2) is 6.90. The highest BCUT2D eigenvalue weighted by molar-refractivity contribution is 5.86. The smallest absolute Gasteiger partial charge is 0.241 e. The summed E-state index contributed by atoms with van der Waals surface area (Å²) in [6.07, 6.45) is 6.85. The van der Waals surface area contributed by atoms with Gasteiger partial charge in [0.25, 0.3) is 0 Å². The van der Waals surface area contributed by atoms with E-state index in [1.54, 1.807) is 7.05 Å². The van der Waals surface area contributed by atoms with E-state index in [9.17, 15) is 4.79 Å². The van der Waals surface area contributed by atoms with E-state index in [0.717, 1.165) is 0 Å². The second-order valence-electron chi connectivity index (χ2n) is 4.94. The first-order valence-electron chi connectivity index (χ1n) is 6.32.